The van der Waals surface area contributed by atoms with Crippen molar-refractivity contribution in [3.63, 3.8) is 0 Å². The zero-order valence-corrected chi connectivity index (χ0v) is 13.9. The molecule has 0 saturated heterocycles. The Morgan fingerprint density at radius 3 is 2.13 bits per heavy atom. The van der Waals surface area contributed by atoms with Gasteiger partial charge in [-0.15, -0.1) is 11.8 Å². The number of carbonyl (C=O) groups is 2. The highest BCUT2D eigenvalue weighted by atomic mass is 32.2. The molecule has 0 bridgehead atoms. The molecule has 2 amide bonds. The minimum Gasteiger partial charge on any atom is -0.274 e. The molecule has 0 aromatic heterocycles. The van der Waals surface area contributed by atoms with Crippen LogP contribution in [0.3, 0.4) is 0 Å². The van der Waals surface area contributed by atoms with E-state index in [1.54, 1.807) is 24.3 Å². The molecule has 0 unspecified atom stereocenters. The largest absolute Gasteiger partial charge is 0.274 e. The van der Waals surface area contributed by atoms with Crippen molar-refractivity contribution in [2.24, 2.45) is 0 Å². The maximum Gasteiger partial charge on any atom is 0.261 e. The highest BCUT2D eigenvalue weighted by Crippen LogP contribution is 2.25. The predicted octanol–water partition coefficient (Wildman–Crippen LogP) is 4.16. The van der Waals surface area contributed by atoms with Crippen LogP contribution in [0.1, 0.15) is 39.1 Å². The molecule has 118 valence electrons. The van der Waals surface area contributed by atoms with Gasteiger partial charge in [0.15, 0.2) is 0 Å². The molecule has 23 heavy (non-hydrogen) atoms. The first-order chi connectivity index (χ1) is 11.2. The van der Waals surface area contributed by atoms with Crippen LogP contribution in [0.2, 0.25) is 0 Å². The average molecular weight is 325 g/mol. The zero-order chi connectivity index (χ0) is 16.2. The highest BCUT2D eigenvalue weighted by molar-refractivity contribution is 7.99. The molecule has 2 aromatic carbocycles. The first-order valence-corrected chi connectivity index (χ1v) is 8.80. The molecule has 1 heterocycles. The number of hydrogen-bond donors (Lipinski definition) is 0. The quantitative estimate of drug-likeness (QED) is 0.454. The normalized spacial score (nSPS) is 13.5. The van der Waals surface area contributed by atoms with E-state index in [-0.39, 0.29) is 11.8 Å². The molecule has 0 N–H and O–H groups in total. The van der Waals surface area contributed by atoms with Gasteiger partial charge in [-0.05, 0) is 49.3 Å². The highest BCUT2D eigenvalue weighted by Gasteiger charge is 2.34. The molecule has 0 spiro atoms. The number of amides is 2. The van der Waals surface area contributed by atoms with Gasteiger partial charge in [-0.3, -0.25) is 14.5 Å². The maximum atomic E-state index is 12.2. The van der Waals surface area contributed by atoms with Crippen molar-refractivity contribution in [1.82, 2.24) is 4.90 Å². The first kappa shape index (κ1) is 15.8. The Kier molecular flexibility index (Phi) is 4.82. The minimum absolute atomic E-state index is 0.155. The van der Waals surface area contributed by atoms with Crippen LogP contribution >= 0.6 is 11.8 Å². The van der Waals surface area contributed by atoms with E-state index >= 15 is 0 Å². The average Bonchev–Trinajstić information content (AvgIpc) is 2.81. The van der Waals surface area contributed by atoms with Crippen molar-refractivity contribution in [2.45, 2.75) is 24.7 Å². The Morgan fingerprint density at radius 1 is 0.870 bits per heavy atom. The number of rotatable bonds is 6. The summed E-state index contributed by atoms with van der Waals surface area (Å²) in [4.78, 5) is 27.2. The summed E-state index contributed by atoms with van der Waals surface area (Å²) < 4.78 is 0. The van der Waals surface area contributed by atoms with Crippen molar-refractivity contribution in [1.29, 1.82) is 0 Å². The topological polar surface area (TPSA) is 37.4 Å². The zero-order valence-electron chi connectivity index (χ0n) is 13.1. The molecule has 1 aliphatic rings. The summed E-state index contributed by atoms with van der Waals surface area (Å²) in [6, 6.07) is 15.4. The van der Waals surface area contributed by atoms with Crippen LogP contribution in [0.25, 0.3) is 0 Å². The fourth-order valence-corrected chi connectivity index (χ4v) is 3.75. The van der Waals surface area contributed by atoms with Crippen LogP contribution in [0, 0.1) is 6.92 Å². The number of thioether (sulfide) groups is 1. The van der Waals surface area contributed by atoms with E-state index in [2.05, 4.69) is 19.1 Å². The summed E-state index contributed by atoms with van der Waals surface area (Å²) in [6.07, 6.45) is 1.82. The number of unbranched alkanes of at least 4 members (excludes halogenated alkanes) is 1. The summed E-state index contributed by atoms with van der Waals surface area (Å²) in [5.74, 6) is 0.683. The van der Waals surface area contributed by atoms with E-state index in [1.807, 2.05) is 23.9 Å². The second-order valence-electron chi connectivity index (χ2n) is 5.63. The standard InChI is InChI=1S/C19H19NO2S/c1-14-8-2-5-11-17(14)23-13-7-6-12-20-18(21)15-9-3-4-10-16(15)19(20)22/h2-5,8-11H,6-7,12-13H2,1H3. The van der Waals surface area contributed by atoms with Gasteiger partial charge in [-0.1, -0.05) is 30.3 Å². The van der Waals surface area contributed by atoms with Crippen LogP contribution in [0.5, 0.6) is 0 Å². The molecule has 4 heteroatoms. The van der Waals surface area contributed by atoms with E-state index < -0.39 is 0 Å². The van der Waals surface area contributed by atoms with E-state index in [0.717, 1.165) is 18.6 Å². The van der Waals surface area contributed by atoms with Crippen LogP contribution < -0.4 is 0 Å². The molecule has 1 aliphatic heterocycles. The third-order valence-electron chi connectivity index (χ3n) is 4.01. The van der Waals surface area contributed by atoms with Crippen LogP contribution in [-0.2, 0) is 0 Å². The minimum atomic E-state index is -0.155. The molecule has 0 fully saturated rings. The first-order valence-electron chi connectivity index (χ1n) is 7.82. The lowest BCUT2D eigenvalue weighted by molar-refractivity contribution is 0.0652. The summed E-state index contributed by atoms with van der Waals surface area (Å²) in [7, 11) is 0. The van der Waals surface area contributed by atoms with Gasteiger partial charge in [0.1, 0.15) is 0 Å². The van der Waals surface area contributed by atoms with Crippen LogP contribution in [0.4, 0.5) is 0 Å². The smallest absolute Gasteiger partial charge is 0.261 e. The van der Waals surface area contributed by atoms with Gasteiger partial charge >= 0.3 is 0 Å². The van der Waals surface area contributed by atoms with Gasteiger partial charge in [0.25, 0.3) is 11.8 Å². The monoisotopic (exact) mass is 325 g/mol. The van der Waals surface area contributed by atoms with E-state index in [9.17, 15) is 9.59 Å². The number of fused-ring (bicyclic) bond motifs is 1. The third-order valence-corrected chi connectivity index (χ3v) is 5.27. The van der Waals surface area contributed by atoms with E-state index in [4.69, 9.17) is 0 Å². The molecule has 0 atom stereocenters. The fraction of sp³-hybridized carbons (Fsp3) is 0.263. The summed E-state index contributed by atoms with van der Waals surface area (Å²) in [6.45, 7) is 2.61. The lowest BCUT2D eigenvalue weighted by atomic mass is 10.1. The SMILES string of the molecule is Cc1ccccc1SCCCCN1C(=O)c2ccccc2C1=O. The molecule has 2 aromatic rings. The third kappa shape index (κ3) is 3.32. The Morgan fingerprint density at radius 2 is 1.48 bits per heavy atom. The van der Waals surface area contributed by atoms with Crippen molar-refractivity contribution < 1.29 is 9.59 Å². The van der Waals surface area contributed by atoms with E-state index in [0.29, 0.717) is 17.7 Å². The van der Waals surface area contributed by atoms with Gasteiger partial charge in [0, 0.05) is 11.4 Å². The molecular weight excluding hydrogens is 306 g/mol. The van der Waals surface area contributed by atoms with Gasteiger partial charge in [-0.25, -0.2) is 0 Å². The number of aryl methyl sites for hydroxylation is 1. The van der Waals surface area contributed by atoms with Crippen molar-refractivity contribution in [3.05, 3.63) is 65.2 Å². The van der Waals surface area contributed by atoms with E-state index in [1.165, 1.54) is 15.4 Å². The summed E-state index contributed by atoms with van der Waals surface area (Å²) >= 11 is 1.83. The molecule has 0 aliphatic carbocycles. The number of nitrogens with zero attached hydrogens (tertiary/aromatic N) is 1. The molecular formula is C19H19NO2S. The fourth-order valence-electron chi connectivity index (χ4n) is 2.71. The lowest BCUT2D eigenvalue weighted by Gasteiger charge is -2.13. The van der Waals surface area contributed by atoms with Gasteiger partial charge in [0.05, 0.1) is 11.1 Å². The maximum absolute atomic E-state index is 12.2. The van der Waals surface area contributed by atoms with Crippen LogP contribution in [-0.4, -0.2) is 29.0 Å². The Bertz CT molecular complexity index is 707. The van der Waals surface area contributed by atoms with Crippen molar-refractivity contribution in [2.75, 3.05) is 12.3 Å². The van der Waals surface area contributed by atoms with Crippen LogP contribution in [0.15, 0.2) is 53.4 Å². The second kappa shape index (κ2) is 7.01. The lowest BCUT2D eigenvalue weighted by Crippen LogP contribution is -2.30. The summed E-state index contributed by atoms with van der Waals surface area (Å²) in [5.41, 5.74) is 2.36. The Hall–Kier alpha value is -2.07. The molecule has 0 saturated carbocycles. The van der Waals surface area contributed by atoms with Crippen molar-refractivity contribution in [3.8, 4) is 0 Å². The number of carbonyl (C=O) groups excluding carboxylic acids is 2. The van der Waals surface area contributed by atoms with Gasteiger partial charge in [0.2, 0.25) is 0 Å². The van der Waals surface area contributed by atoms with Gasteiger partial charge < -0.3 is 0 Å². The predicted molar refractivity (Wildman–Crippen MR) is 92.9 cm³/mol. The summed E-state index contributed by atoms with van der Waals surface area (Å²) in [5, 5.41) is 0. The number of benzene rings is 2. The second-order valence-corrected chi connectivity index (χ2v) is 6.77. The Balaban J connectivity index is 1.48. The van der Waals surface area contributed by atoms with Gasteiger partial charge in [-0.2, -0.15) is 0 Å². The van der Waals surface area contributed by atoms with Crippen molar-refractivity contribution >= 4 is 23.6 Å². The molecule has 3 nitrogen and oxygen atoms in total. The number of imide groups is 1. The molecule has 0 radical (unpaired) electrons. The Labute approximate surface area is 140 Å². The number of hydrogen-bond acceptors (Lipinski definition) is 3. The molecule has 3 rings (SSSR count).